The molecule has 0 radical (unpaired) electrons. The molecule has 0 bridgehead atoms. The van der Waals surface area contributed by atoms with Crippen LogP contribution in [0.3, 0.4) is 0 Å². The molecule has 3 atom stereocenters. The van der Waals surface area contributed by atoms with Crippen LogP contribution in [0.2, 0.25) is 0 Å². The highest BCUT2D eigenvalue weighted by Crippen LogP contribution is 2.28. The second-order valence-corrected chi connectivity index (χ2v) is 7.17. The van der Waals surface area contributed by atoms with Gasteiger partial charge in [-0.2, -0.15) is 0 Å². The van der Waals surface area contributed by atoms with E-state index in [0.29, 0.717) is 5.75 Å². The molecular weight excluding hydrogens is 280 g/mol. The van der Waals surface area contributed by atoms with E-state index >= 15 is 0 Å². The van der Waals surface area contributed by atoms with Crippen molar-refractivity contribution < 1.29 is 4.21 Å². The smallest absolute Gasteiger partial charge is 0.127 e. The van der Waals surface area contributed by atoms with Gasteiger partial charge in [-0.3, -0.25) is 4.21 Å². The van der Waals surface area contributed by atoms with Crippen LogP contribution in [0.25, 0.3) is 11.0 Å². The molecule has 0 aliphatic rings. The minimum absolute atomic E-state index is 0.120. The number of aromatic nitrogens is 2. The van der Waals surface area contributed by atoms with Crippen LogP contribution in [-0.2, 0) is 10.8 Å². The minimum atomic E-state index is -0.841. The van der Waals surface area contributed by atoms with Crippen LogP contribution < -0.4 is 0 Å². The number of fused-ring (bicyclic) bond motifs is 1. The zero-order valence-corrected chi connectivity index (χ0v) is 13.3. The van der Waals surface area contributed by atoms with Gasteiger partial charge in [0.05, 0.1) is 16.4 Å². The second-order valence-electron chi connectivity index (χ2n) is 5.04. The van der Waals surface area contributed by atoms with Crippen molar-refractivity contribution in [3.05, 3.63) is 29.6 Å². The molecule has 1 aromatic heterocycles. The van der Waals surface area contributed by atoms with Crippen LogP contribution in [0.1, 0.15) is 36.7 Å². The first-order valence-electron chi connectivity index (χ1n) is 6.32. The fourth-order valence-electron chi connectivity index (χ4n) is 2.39. The number of rotatable bonds is 4. The van der Waals surface area contributed by atoms with Crippen molar-refractivity contribution in [3.8, 4) is 0 Å². The number of benzene rings is 1. The lowest BCUT2D eigenvalue weighted by molar-refractivity contribution is 0.583. The van der Waals surface area contributed by atoms with Crippen LogP contribution in [0, 0.1) is 6.92 Å². The number of halogens is 1. The van der Waals surface area contributed by atoms with Gasteiger partial charge in [-0.25, -0.2) is 4.98 Å². The van der Waals surface area contributed by atoms with Gasteiger partial charge in [0.25, 0.3) is 0 Å². The van der Waals surface area contributed by atoms with E-state index in [9.17, 15) is 4.21 Å². The Hall–Kier alpha value is -0.870. The van der Waals surface area contributed by atoms with Crippen molar-refractivity contribution in [2.24, 2.45) is 0 Å². The van der Waals surface area contributed by atoms with E-state index in [1.165, 1.54) is 5.56 Å². The SMILES string of the molecule is Cc1ccc2c(c1)nc(C(C)Cl)n2C(C)CS(C)=O. The number of hydrogen-bond acceptors (Lipinski definition) is 2. The Bertz CT molecular complexity index is 621. The third-order valence-corrected chi connectivity index (χ3v) is 4.29. The summed E-state index contributed by atoms with van der Waals surface area (Å²) in [5, 5.41) is -0.166. The summed E-state index contributed by atoms with van der Waals surface area (Å²) < 4.78 is 13.6. The fraction of sp³-hybridized carbons (Fsp3) is 0.500. The van der Waals surface area contributed by atoms with E-state index in [-0.39, 0.29) is 11.4 Å². The van der Waals surface area contributed by atoms with E-state index < -0.39 is 10.8 Å². The molecule has 0 saturated carbocycles. The zero-order valence-electron chi connectivity index (χ0n) is 11.7. The molecule has 104 valence electrons. The molecule has 0 saturated heterocycles. The van der Waals surface area contributed by atoms with Gasteiger partial charge < -0.3 is 4.57 Å². The molecular formula is C14H19ClN2OS. The quantitative estimate of drug-likeness (QED) is 0.809. The maximum Gasteiger partial charge on any atom is 0.127 e. The minimum Gasteiger partial charge on any atom is -0.323 e. The summed E-state index contributed by atoms with van der Waals surface area (Å²) in [6.45, 7) is 6.03. The van der Waals surface area contributed by atoms with Crippen molar-refractivity contribution in [1.29, 1.82) is 0 Å². The molecule has 5 heteroatoms. The second kappa shape index (κ2) is 5.63. The molecule has 19 heavy (non-hydrogen) atoms. The van der Waals surface area contributed by atoms with Gasteiger partial charge >= 0.3 is 0 Å². The van der Waals surface area contributed by atoms with Gasteiger partial charge in [-0.05, 0) is 38.5 Å². The highest BCUT2D eigenvalue weighted by atomic mass is 35.5. The summed E-state index contributed by atoms with van der Waals surface area (Å²) in [5.41, 5.74) is 3.19. The fourth-order valence-corrected chi connectivity index (χ4v) is 3.37. The van der Waals surface area contributed by atoms with Gasteiger partial charge in [0.15, 0.2) is 0 Å². The molecule has 2 rings (SSSR count). The number of alkyl halides is 1. The van der Waals surface area contributed by atoms with Crippen LogP contribution in [0.4, 0.5) is 0 Å². The topological polar surface area (TPSA) is 34.9 Å². The summed E-state index contributed by atoms with van der Waals surface area (Å²) in [6, 6.07) is 6.31. The molecule has 0 N–H and O–H groups in total. The van der Waals surface area contributed by atoms with E-state index in [1.807, 2.05) is 13.8 Å². The zero-order chi connectivity index (χ0) is 14.2. The maximum atomic E-state index is 11.5. The average Bonchev–Trinajstić information content (AvgIpc) is 2.66. The standard InChI is InChI=1S/C14H19ClN2OS/c1-9-5-6-13-12(7-9)16-14(11(3)15)17(13)10(2)8-19(4)18/h5-7,10-11H,8H2,1-4H3. The van der Waals surface area contributed by atoms with Crippen molar-refractivity contribution in [2.75, 3.05) is 12.0 Å². The van der Waals surface area contributed by atoms with E-state index in [0.717, 1.165) is 16.9 Å². The van der Waals surface area contributed by atoms with Crippen molar-refractivity contribution >= 4 is 33.4 Å². The predicted molar refractivity (Wildman–Crippen MR) is 82.4 cm³/mol. The average molecular weight is 299 g/mol. The first kappa shape index (κ1) is 14.5. The Morgan fingerprint density at radius 2 is 2.11 bits per heavy atom. The van der Waals surface area contributed by atoms with Gasteiger partial charge in [0.2, 0.25) is 0 Å². The summed E-state index contributed by atoms with van der Waals surface area (Å²) in [7, 11) is -0.841. The molecule has 0 aliphatic carbocycles. The van der Waals surface area contributed by atoms with Crippen LogP contribution in [0.15, 0.2) is 18.2 Å². The van der Waals surface area contributed by atoms with Crippen molar-refractivity contribution in [3.63, 3.8) is 0 Å². The van der Waals surface area contributed by atoms with E-state index in [2.05, 4.69) is 34.7 Å². The number of imidazole rings is 1. The van der Waals surface area contributed by atoms with Crippen LogP contribution in [-0.4, -0.2) is 25.8 Å². The Morgan fingerprint density at radius 1 is 1.42 bits per heavy atom. The molecule has 0 fully saturated rings. The Labute approximate surface area is 121 Å². The first-order chi connectivity index (χ1) is 8.90. The van der Waals surface area contributed by atoms with Gasteiger partial charge in [-0.15, -0.1) is 11.6 Å². The Kier molecular flexibility index (Phi) is 4.31. The Balaban J connectivity index is 2.61. The van der Waals surface area contributed by atoms with Crippen molar-refractivity contribution in [1.82, 2.24) is 9.55 Å². The largest absolute Gasteiger partial charge is 0.323 e. The van der Waals surface area contributed by atoms with E-state index in [4.69, 9.17) is 11.6 Å². The van der Waals surface area contributed by atoms with Gasteiger partial charge in [-0.1, -0.05) is 6.07 Å². The molecule has 1 heterocycles. The van der Waals surface area contributed by atoms with Crippen molar-refractivity contribution in [2.45, 2.75) is 32.2 Å². The van der Waals surface area contributed by atoms with Gasteiger partial charge in [0.1, 0.15) is 5.82 Å². The summed E-state index contributed by atoms with van der Waals surface area (Å²) in [4.78, 5) is 4.63. The maximum absolute atomic E-state index is 11.5. The number of aryl methyl sites for hydroxylation is 1. The third kappa shape index (κ3) is 3.00. The van der Waals surface area contributed by atoms with Crippen LogP contribution in [0.5, 0.6) is 0 Å². The van der Waals surface area contributed by atoms with E-state index in [1.54, 1.807) is 6.26 Å². The molecule has 0 aliphatic heterocycles. The highest BCUT2D eigenvalue weighted by molar-refractivity contribution is 7.84. The predicted octanol–water partition coefficient (Wildman–Crippen LogP) is 3.58. The summed E-state index contributed by atoms with van der Waals surface area (Å²) in [6.07, 6.45) is 1.73. The highest BCUT2D eigenvalue weighted by Gasteiger charge is 2.19. The summed E-state index contributed by atoms with van der Waals surface area (Å²) >= 11 is 6.24. The van der Waals surface area contributed by atoms with Crippen LogP contribution >= 0.6 is 11.6 Å². The molecule has 2 aromatic rings. The lowest BCUT2D eigenvalue weighted by Gasteiger charge is -2.17. The molecule has 0 spiro atoms. The normalized spacial score (nSPS) is 16.5. The lowest BCUT2D eigenvalue weighted by Crippen LogP contribution is -2.15. The molecule has 3 unspecified atom stereocenters. The molecule has 0 amide bonds. The molecule has 3 nitrogen and oxygen atoms in total. The first-order valence-corrected chi connectivity index (χ1v) is 8.49. The number of hydrogen-bond donors (Lipinski definition) is 0. The summed E-state index contributed by atoms with van der Waals surface area (Å²) in [5.74, 6) is 1.45. The monoisotopic (exact) mass is 298 g/mol. The lowest BCUT2D eigenvalue weighted by atomic mass is 10.2. The Morgan fingerprint density at radius 3 is 2.68 bits per heavy atom. The number of nitrogens with zero attached hydrogens (tertiary/aromatic N) is 2. The third-order valence-electron chi connectivity index (χ3n) is 3.14. The van der Waals surface area contributed by atoms with Gasteiger partial charge in [0, 0.05) is 28.9 Å². The molecule has 1 aromatic carbocycles.